The van der Waals surface area contributed by atoms with Gasteiger partial charge in [0.15, 0.2) is 0 Å². The van der Waals surface area contributed by atoms with Crippen molar-refractivity contribution in [3.63, 3.8) is 0 Å². The molecule has 0 heterocycles. The highest BCUT2D eigenvalue weighted by molar-refractivity contribution is 7.92. The van der Waals surface area contributed by atoms with Gasteiger partial charge in [0.2, 0.25) is 0 Å². The second-order valence-electron chi connectivity index (χ2n) is 6.73. The summed E-state index contributed by atoms with van der Waals surface area (Å²) in [6, 6.07) is 3.85. The summed E-state index contributed by atoms with van der Waals surface area (Å²) in [6.07, 6.45) is -1.63. The maximum Gasteiger partial charge on any atom is 0.417 e. The normalized spacial score (nSPS) is 14.3. The Morgan fingerprint density at radius 2 is 1.27 bits per heavy atom. The molecular weight excluding hydrogens is 382 g/mol. The van der Waals surface area contributed by atoms with E-state index in [0.717, 1.165) is 0 Å². The van der Waals surface area contributed by atoms with Crippen LogP contribution in [0.4, 0.5) is 26.3 Å². The van der Waals surface area contributed by atoms with Crippen LogP contribution in [0.25, 0.3) is 0 Å². The molecule has 0 spiro atoms. The van der Waals surface area contributed by atoms with Crippen molar-refractivity contribution < 1.29 is 34.8 Å². The summed E-state index contributed by atoms with van der Waals surface area (Å²) >= 11 is 0. The third-order valence-electron chi connectivity index (χ3n) is 4.20. The molecule has 1 aromatic carbocycles. The zero-order valence-corrected chi connectivity index (χ0v) is 15.9. The van der Waals surface area contributed by atoms with Gasteiger partial charge in [0.1, 0.15) is 0 Å². The molecule has 1 aromatic rings. The van der Waals surface area contributed by atoms with E-state index in [1.165, 1.54) is 45.9 Å². The van der Waals surface area contributed by atoms with Crippen LogP contribution in [-0.2, 0) is 9.84 Å². The molecule has 0 bridgehead atoms. The van der Waals surface area contributed by atoms with E-state index >= 15 is 0 Å². The highest BCUT2D eigenvalue weighted by Crippen LogP contribution is 2.52. The first-order chi connectivity index (χ1) is 11.6. The molecule has 9 heteroatoms. The molecule has 0 amide bonds. The molecule has 1 rings (SSSR count). The Hall–Kier alpha value is -1.25. The topological polar surface area (TPSA) is 34.1 Å². The van der Waals surface area contributed by atoms with Crippen LogP contribution in [-0.4, -0.2) is 25.5 Å². The average molecular weight is 404 g/mol. The van der Waals surface area contributed by atoms with Crippen LogP contribution < -0.4 is 0 Å². The van der Waals surface area contributed by atoms with Gasteiger partial charge in [-0.15, -0.1) is 0 Å². The molecule has 0 aliphatic heterocycles. The number of alkyl halides is 6. The van der Waals surface area contributed by atoms with E-state index in [9.17, 15) is 34.8 Å². The van der Waals surface area contributed by atoms with E-state index in [-0.39, 0.29) is 11.1 Å². The van der Waals surface area contributed by atoms with Crippen molar-refractivity contribution in [3.05, 3.63) is 29.3 Å². The van der Waals surface area contributed by atoms with E-state index in [1.54, 1.807) is 0 Å². The van der Waals surface area contributed by atoms with Gasteiger partial charge in [-0.05, 0) is 23.0 Å². The molecule has 0 fully saturated rings. The molecule has 0 unspecified atom stereocenters. The first kappa shape index (κ1) is 22.8. The fourth-order valence-corrected chi connectivity index (χ4v) is 4.50. The van der Waals surface area contributed by atoms with Crippen LogP contribution in [0.3, 0.4) is 0 Å². The molecule has 0 aromatic heterocycles. The second-order valence-corrected chi connectivity index (χ2v) is 8.66. The van der Waals surface area contributed by atoms with Crippen molar-refractivity contribution in [1.29, 1.82) is 0 Å². The summed E-state index contributed by atoms with van der Waals surface area (Å²) in [6.45, 7) is 6.56. The highest BCUT2D eigenvalue weighted by Gasteiger charge is 2.76. The largest absolute Gasteiger partial charge is 0.417 e. The van der Waals surface area contributed by atoms with E-state index < -0.39 is 50.1 Å². The Bertz CT molecular complexity index is 728. The molecule has 0 saturated heterocycles. The predicted molar refractivity (Wildman–Crippen MR) is 86.9 cm³/mol. The SMILES string of the molecule is CCC(F)(F)C(F)(F)C(F)(F)S(=O)(=O)c1c(C(C)C)cccc1C(C)C. The molecule has 0 atom stereocenters. The van der Waals surface area contributed by atoms with Gasteiger partial charge in [-0.1, -0.05) is 52.8 Å². The Kier molecular flexibility index (Phi) is 6.18. The van der Waals surface area contributed by atoms with E-state index in [4.69, 9.17) is 0 Å². The quantitative estimate of drug-likeness (QED) is 0.524. The van der Waals surface area contributed by atoms with Crippen molar-refractivity contribution in [2.24, 2.45) is 0 Å². The third-order valence-corrected chi connectivity index (χ3v) is 6.14. The van der Waals surface area contributed by atoms with Crippen molar-refractivity contribution in [1.82, 2.24) is 0 Å². The summed E-state index contributed by atoms with van der Waals surface area (Å²) in [4.78, 5) is -0.999. The van der Waals surface area contributed by atoms with E-state index in [2.05, 4.69) is 0 Å². The van der Waals surface area contributed by atoms with Gasteiger partial charge < -0.3 is 0 Å². The first-order valence-corrected chi connectivity index (χ1v) is 9.55. The zero-order chi connectivity index (χ0) is 20.7. The van der Waals surface area contributed by atoms with Crippen molar-refractivity contribution in [3.8, 4) is 0 Å². The van der Waals surface area contributed by atoms with Gasteiger partial charge in [0.05, 0.1) is 4.90 Å². The van der Waals surface area contributed by atoms with Crippen LogP contribution in [0.5, 0.6) is 0 Å². The minimum atomic E-state index is -6.10. The lowest BCUT2D eigenvalue weighted by Crippen LogP contribution is -2.57. The average Bonchev–Trinajstić information content (AvgIpc) is 2.53. The lowest BCUT2D eigenvalue weighted by molar-refractivity contribution is -0.279. The van der Waals surface area contributed by atoms with Gasteiger partial charge in [0, 0.05) is 6.42 Å². The highest BCUT2D eigenvalue weighted by atomic mass is 32.2. The monoisotopic (exact) mass is 404 g/mol. The Labute approximate surface area is 149 Å². The van der Waals surface area contributed by atoms with Crippen LogP contribution in [0, 0.1) is 0 Å². The Morgan fingerprint density at radius 1 is 0.885 bits per heavy atom. The molecule has 0 aliphatic carbocycles. The number of halogens is 6. The zero-order valence-electron chi connectivity index (χ0n) is 15.1. The van der Waals surface area contributed by atoms with Gasteiger partial charge in [-0.2, -0.15) is 26.3 Å². The van der Waals surface area contributed by atoms with Crippen molar-refractivity contribution in [2.75, 3.05) is 0 Å². The number of hydrogen-bond donors (Lipinski definition) is 0. The maximum absolute atomic E-state index is 14.4. The minimum Gasteiger partial charge on any atom is -0.217 e. The first-order valence-electron chi connectivity index (χ1n) is 8.07. The summed E-state index contributed by atoms with van der Waals surface area (Å²) in [5.74, 6) is -12.5. The predicted octanol–water partition coefficient (Wildman–Crippen LogP) is 5.98. The Balaban J connectivity index is 3.86. The van der Waals surface area contributed by atoms with Gasteiger partial charge in [-0.25, -0.2) is 8.42 Å². The van der Waals surface area contributed by atoms with Crippen LogP contribution in [0.1, 0.15) is 64.0 Å². The fourth-order valence-electron chi connectivity index (χ4n) is 2.52. The van der Waals surface area contributed by atoms with Gasteiger partial charge in [-0.3, -0.25) is 0 Å². The summed E-state index contributed by atoms with van der Waals surface area (Å²) in [5.41, 5.74) is -0.238. The fraction of sp³-hybridized carbons (Fsp3) is 0.647. The summed E-state index contributed by atoms with van der Waals surface area (Å²) in [5, 5.41) is -5.98. The number of hydrogen-bond acceptors (Lipinski definition) is 2. The number of sulfone groups is 1. The third kappa shape index (κ3) is 3.34. The van der Waals surface area contributed by atoms with E-state index in [1.807, 2.05) is 0 Å². The molecule has 0 N–H and O–H groups in total. The molecular formula is C17H22F6O2S. The van der Waals surface area contributed by atoms with Crippen LogP contribution in [0.15, 0.2) is 23.1 Å². The maximum atomic E-state index is 14.4. The lowest BCUT2D eigenvalue weighted by Gasteiger charge is -2.33. The number of rotatable bonds is 7. The summed E-state index contributed by atoms with van der Waals surface area (Å²) in [7, 11) is -6.10. The van der Waals surface area contributed by atoms with Crippen LogP contribution >= 0.6 is 0 Å². The van der Waals surface area contributed by atoms with Gasteiger partial charge >= 0.3 is 17.1 Å². The van der Waals surface area contributed by atoms with Crippen molar-refractivity contribution >= 4 is 9.84 Å². The standard InChI is InChI=1S/C17H22F6O2S/c1-6-15(18,19)16(20,21)17(22,23)26(24,25)14-12(10(2)3)8-7-9-13(14)11(4)5/h7-11H,6H2,1-5H3. The molecule has 26 heavy (non-hydrogen) atoms. The smallest absolute Gasteiger partial charge is 0.217 e. The number of benzene rings is 1. The van der Waals surface area contributed by atoms with Crippen molar-refractivity contribution in [2.45, 2.75) is 74.9 Å². The molecule has 2 nitrogen and oxygen atoms in total. The van der Waals surface area contributed by atoms with E-state index in [0.29, 0.717) is 6.92 Å². The molecule has 0 radical (unpaired) electrons. The van der Waals surface area contributed by atoms with Gasteiger partial charge in [0.25, 0.3) is 9.84 Å². The minimum absolute atomic E-state index is 0.119. The Morgan fingerprint density at radius 3 is 1.58 bits per heavy atom. The van der Waals surface area contributed by atoms with Crippen LogP contribution in [0.2, 0.25) is 0 Å². The lowest BCUT2D eigenvalue weighted by atomic mass is 9.95. The summed E-state index contributed by atoms with van der Waals surface area (Å²) < 4.78 is 109. The molecule has 0 saturated carbocycles. The molecule has 0 aliphatic rings. The molecule has 150 valence electrons. The second kappa shape index (κ2) is 7.05.